The third kappa shape index (κ3) is 8.62. The van der Waals surface area contributed by atoms with Crippen LogP contribution in [0.15, 0.2) is 24.3 Å². The second-order valence-corrected chi connectivity index (χ2v) is 9.33. The first-order valence-electron chi connectivity index (χ1n) is 11.1. The van der Waals surface area contributed by atoms with E-state index < -0.39 is 29.6 Å². The van der Waals surface area contributed by atoms with Crippen molar-refractivity contribution in [2.24, 2.45) is 11.3 Å². The molecule has 1 rings (SSSR count). The summed E-state index contributed by atoms with van der Waals surface area (Å²) in [6.45, 7) is 8.44. The van der Waals surface area contributed by atoms with Crippen molar-refractivity contribution < 1.29 is 37.0 Å². The largest absolute Gasteiger partial charge is 0.490 e. The molecule has 7 nitrogen and oxygen atoms in total. The summed E-state index contributed by atoms with van der Waals surface area (Å²) in [5.41, 5.74) is 4.89. The van der Waals surface area contributed by atoms with Gasteiger partial charge in [-0.05, 0) is 49.7 Å². The highest BCUT2D eigenvalue weighted by Crippen LogP contribution is 2.36. The molecule has 0 saturated heterocycles. The van der Waals surface area contributed by atoms with Crippen LogP contribution in [0.5, 0.6) is 0 Å². The molecule has 2 unspecified atom stereocenters. The van der Waals surface area contributed by atoms with Crippen LogP contribution in [0.1, 0.15) is 58.6 Å². The van der Waals surface area contributed by atoms with Gasteiger partial charge in [0.25, 0.3) is 0 Å². The number of halogens is 3. The molecule has 1 amide bonds. The van der Waals surface area contributed by atoms with E-state index in [1.807, 2.05) is 12.1 Å². The molecule has 0 radical (unpaired) electrons. The van der Waals surface area contributed by atoms with Gasteiger partial charge in [0.1, 0.15) is 0 Å². The van der Waals surface area contributed by atoms with Gasteiger partial charge in [-0.15, -0.1) is 0 Å². The Kier molecular flexibility index (Phi) is 10.5. The average Bonchev–Trinajstić information content (AvgIpc) is 2.75. The molecule has 0 bridgehead atoms. The van der Waals surface area contributed by atoms with Crippen molar-refractivity contribution in [3.8, 4) is 0 Å². The summed E-state index contributed by atoms with van der Waals surface area (Å²) in [6.07, 6.45) is -4.06. The van der Waals surface area contributed by atoms with Gasteiger partial charge in [0, 0.05) is 7.05 Å². The molecule has 0 aliphatic carbocycles. The molecule has 34 heavy (non-hydrogen) atoms. The predicted molar refractivity (Wildman–Crippen MR) is 121 cm³/mol. The highest BCUT2D eigenvalue weighted by Gasteiger charge is 2.42. The third-order valence-electron chi connectivity index (χ3n) is 5.66. The lowest BCUT2D eigenvalue weighted by molar-refractivity contribution is -0.202. The van der Waals surface area contributed by atoms with Crippen LogP contribution < -0.4 is 10.9 Å². The highest BCUT2D eigenvalue weighted by molar-refractivity contribution is 5.87. The quantitative estimate of drug-likeness (QED) is 0.343. The lowest BCUT2D eigenvalue weighted by Crippen LogP contribution is -2.47. The maximum Gasteiger partial charge on any atom is 0.490 e. The lowest BCUT2D eigenvalue weighted by atomic mass is 9.73. The maximum absolute atomic E-state index is 13.0. The van der Waals surface area contributed by atoms with Crippen LogP contribution in [0, 0.1) is 11.3 Å². The standard InChI is InChI=1S/C24H35F3N2O5/c1-7-33-19(30)16(2)13-17-9-8-10-18(14-17)23(5,20(31)29-28-6)12-11-22(3,4)15-34-21(32)24(25,26)27/h8-10,14,16,28H,7,11-13,15H2,1-6H3,(H,29,31). The van der Waals surface area contributed by atoms with Crippen molar-refractivity contribution in [2.45, 2.75) is 65.5 Å². The predicted octanol–water partition coefficient (Wildman–Crippen LogP) is 3.85. The Morgan fingerprint density at radius 3 is 2.26 bits per heavy atom. The number of amides is 1. The minimum Gasteiger partial charge on any atom is -0.466 e. The molecule has 1 aromatic rings. The fraction of sp³-hybridized carbons (Fsp3) is 0.625. The minimum absolute atomic E-state index is 0.272. The summed E-state index contributed by atoms with van der Waals surface area (Å²) < 4.78 is 46.9. The smallest absolute Gasteiger partial charge is 0.466 e. The first kappa shape index (κ1) is 29.4. The minimum atomic E-state index is -5.06. The summed E-state index contributed by atoms with van der Waals surface area (Å²) in [6, 6.07) is 7.30. The average molecular weight is 489 g/mol. The molecule has 2 atom stereocenters. The van der Waals surface area contributed by atoms with E-state index in [1.54, 1.807) is 53.8 Å². The van der Waals surface area contributed by atoms with Gasteiger partial charge in [-0.1, -0.05) is 45.0 Å². The Balaban J connectivity index is 3.08. The number of hydrazine groups is 1. The SMILES string of the molecule is CCOC(=O)C(C)Cc1cccc(C(C)(CCC(C)(C)COC(=O)C(F)(F)F)C(=O)NNC)c1. The Bertz CT molecular complexity index is 857. The number of carbonyl (C=O) groups is 3. The number of alkyl halides is 3. The van der Waals surface area contributed by atoms with E-state index >= 15 is 0 Å². The highest BCUT2D eigenvalue weighted by atomic mass is 19.4. The van der Waals surface area contributed by atoms with Crippen LogP contribution >= 0.6 is 0 Å². The van der Waals surface area contributed by atoms with Crippen LogP contribution in [0.25, 0.3) is 0 Å². The normalized spacial score (nSPS) is 14.6. The van der Waals surface area contributed by atoms with E-state index in [9.17, 15) is 27.6 Å². The van der Waals surface area contributed by atoms with Gasteiger partial charge in [-0.25, -0.2) is 10.2 Å². The van der Waals surface area contributed by atoms with E-state index in [4.69, 9.17) is 4.74 Å². The van der Waals surface area contributed by atoms with E-state index in [-0.39, 0.29) is 24.2 Å². The van der Waals surface area contributed by atoms with E-state index in [1.165, 1.54) is 0 Å². The lowest BCUT2D eigenvalue weighted by Gasteiger charge is -2.33. The zero-order valence-electron chi connectivity index (χ0n) is 20.6. The van der Waals surface area contributed by atoms with Gasteiger partial charge in [-0.2, -0.15) is 13.2 Å². The van der Waals surface area contributed by atoms with Gasteiger partial charge in [0.15, 0.2) is 0 Å². The van der Waals surface area contributed by atoms with Crippen molar-refractivity contribution in [3.63, 3.8) is 0 Å². The molecule has 192 valence electrons. The maximum atomic E-state index is 13.0. The Morgan fingerprint density at radius 1 is 1.06 bits per heavy atom. The molecule has 0 spiro atoms. The van der Waals surface area contributed by atoms with Crippen molar-refractivity contribution in [3.05, 3.63) is 35.4 Å². The van der Waals surface area contributed by atoms with E-state index in [0.717, 1.165) is 5.56 Å². The van der Waals surface area contributed by atoms with Crippen LogP contribution in [0.2, 0.25) is 0 Å². The third-order valence-corrected chi connectivity index (χ3v) is 5.66. The summed E-state index contributed by atoms with van der Waals surface area (Å²) in [5.74, 6) is -3.23. The van der Waals surface area contributed by atoms with Crippen molar-refractivity contribution >= 4 is 17.8 Å². The molecule has 10 heteroatoms. The first-order chi connectivity index (χ1) is 15.7. The Morgan fingerprint density at radius 2 is 1.71 bits per heavy atom. The number of hydrogen-bond donors (Lipinski definition) is 2. The van der Waals surface area contributed by atoms with E-state index in [0.29, 0.717) is 25.0 Å². The fourth-order valence-electron chi connectivity index (χ4n) is 3.41. The molecule has 1 aromatic carbocycles. The molecule has 0 aliphatic heterocycles. The molecule has 0 aliphatic rings. The second kappa shape index (κ2) is 12.2. The first-order valence-corrected chi connectivity index (χ1v) is 11.1. The van der Waals surface area contributed by atoms with Gasteiger partial charge >= 0.3 is 18.1 Å². The molecular weight excluding hydrogens is 453 g/mol. The fourth-order valence-corrected chi connectivity index (χ4v) is 3.41. The molecule has 2 N–H and O–H groups in total. The number of hydrogen-bond acceptors (Lipinski definition) is 6. The number of carbonyl (C=O) groups excluding carboxylic acids is 3. The zero-order valence-corrected chi connectivity index (χ0v) is 20.6. The molecule has 0 heterocycles. The molecule has 0 saturated carbocycles. The van der Waals surface area contributed by atoms with Crippen molar-refractivity contribution in [1.82, 2.24) is 10.9 Å². The summed E-state index contributed by atoms with van der Waals surface area (Å²) in [4.78, 5) is 36.1. The van der Waals surface area contributed by atoms with Gasteiger partial charge in [0.05, 0.1) is 24.5 Å². The number of rotatable bonds is 12. The number of nitrogens with one attached hydrogen (secondary N) is 2. The number of ether oxygens (including phenoxy) is 2. The Hall–Kier alpha value is -2.62. The molecule has 0 aromatic heterocycles. The van der Waals surface area contributed by atoms with Crippen LogP contribution in [0.4, 0.5) is 13.2 Å². The van der Waals surface area contributed by atoms with Crippen LogP contribution in [0.3, 0.4) is 0 Å². The van der Waals surface area contributed by atoms with Crippen LogP contribution in [-0.2, 0) is 35.7 Å². The van der Waals surface area contributed by atoms with Crippen molar-refractivity contribution in [2.75, 3.05) is 20.3 Å². The van der Waals surface area contributed by atoms with Crippen LogP contribution in [-0.4, -0.2) is 44.3 Å². The van der Waals surface area contributed by atoms with Gasteiger partial charge in [0.2, 0.25) is 5.91 Å². The monoisotopic (exact) mass is 488 g/mol. The zero-order chi connectivity index (χ0) is 26.2. The summed E-state index contributed by atoms with van der Waals surface area (Å²) in [7, 11) is 1.55. The van der Waals surface area contributed by atoms with Gasteiger partial charge in [-0.3, -0.25) is 15.0 Å². The second-order valence-electron chi connectivity index (χ2n) is 9.33. The topological polar surface area (TPSA) is 93.7 Å². The number of benzene rings is 1. The van der Waals surface area contributed by atoms with Gasteiger partial charge < -0.3 is 9.47 Å². The summed E-state index contributed by atoms with van der Waals surface area (Å²) in [5, 5.41) is 0. The van der Waals surface area contributed by atoms with E-state index in [2.05, 4.69) is 15.6 Å². The molecular formula is C24H35F3N2O5. The molecule has 0 fully saturated rings. The Labute approximate surface area is 198 Å². The number of esters is 2. The summed E-state index contributed by atoms with van der Waals surface area (Å²) >= 11 is 0. The van der Waals surface area contributed by atoms with Crippen molar-refractivity contribution in [1.29, 1.82) is 0 Å².